The Morgan fingerprint density at radius 2 is 2.04 bits per heavy atom. The van der Waals surface area contributed by atoms with Gasteiger partial charge >= 0.3 is 0 Å². The first-order valence-electron chi connectivity index (χ1n) is 8.69. The van der Waals surface area contributed by atoms with Gasteiger partial charge in [0.15, 0.2) is 11.6 Å². The number of aryl methyl sites for hydroxylation is 1. The van der Waals surface area contributed by atoms with Crippen molar-refractivity contribution in [3.05, 3.63) is 47.0 Å². The molecule has 0 aliphatic heterocycles. The zero-order valence-corrected chi connectivity index (χ0v) is 15.8. The van der Waals surface area contributed by atoms with E-state index in [-0.39, 0.29) is 16.9 Å². The standard InChI is InChI=1S/C19H24F3N3O2/c1-11(2)7-8-25-12(3)14(10-23-25)19(26)24-17(18(21)22)13-5-6-16(27-4)15(20)9-13/h5-6,9-11,17-18H,7-8H2,1-4H3,(H,24,26)/t17-/m0/s1. The molecule has 1 aromatic heterocycles. The van der Waals surface area contributed by atoms with E-state index in [1.165, 1.54) is 25.4 Å². The number of nitrogens with one attached hydrogen (secondary N) is 1. The molecule has 0 saturated heterocycles. The number of aromatic nitrogens is 2. The van der Waals surface area contributed by atoms with E-state index in [2.05, 4.69) is 24.3 Å². The maximum Gasteiger partial charge on any atom is 0.262 e. The number of nitrogens with zero attached hydrogens (tertiary/aromatic N) is 2. The molecule has 27 heavy (non-hydrogen) atoms. The van der Waals surface area contributed by atoms with E-state index in [9.17, 15) is 18.0 Å². The third-order valence-corrected chi connectivity index (χ3v) is 4.34. The summed E-state index contributed by atoms with van der Waals surface area (Å²) >= 11 is 0. The Morgan fingerprint density at radius 1 is 1.33 bits per heavy atom. The third-order valence-electron chi connectivity index (χ3n) is 4.34. The molecule has 5 nitrogen and oxygen atoms in total. The Balaban J connectivity index is 2.19. The largest absolute Gasteiger partial charge is 0.494 e. The number of ether oxygens (including phenoxy) is 1. The summed E-state index contributed by atoms with van der Waals surface area (Å²) < 4.78 is 47.3. The van der Waals surface area contributed by atoms with Crippen molar-refractivity contribution >= 4 is 5.91 Å². The second-order valence-corrected chi connectivity index (χ2v) is 6.73. The van der Waals surface area contributed by atoms with Gasteiger partial charge in [-0.3, -0.25) is 9.48 Å². The third kappa shape index (κ3) is 5.02. The second kappa shape index (κ2) is 8.92. The van der Waals surface area contributed by atoms with E-state index >= 15 is 0 Å². The number of hydrogen-bond acceptors (Lipinski definition) is 3. The molecule has 0 aliphatic rings. The highest BCUT2D eigenvalue weighted by molar-refractivity contribution is 5.95. The average Bonchev–Trinajstić information content (AvgIpc) is 2.98. The molecule has 2 rings (SSSR count). The van der Waals surface area contributed by atoms with E-state index in [4.69, 9.17) is 4.74 Å². The summed E-state index contributed by atoms with van der Waals surface area (Å²) in [6, 6.07) is 1.85. The topological polar surface area (TPSA) is 56.1 Å². The predicted molar refractivity (Wildman–Crippen MR) is 95.6 cm³/mol. The number of halogens is 3. The zero-order chi connectivity index (χ0) is 20.1. The van der Waals surface area contributed by atoms with Gasteiger partial charge < -0.3 is 10.1 Å². The molecule has 1 atom stereocenters. The van der Waals surface area contributed by atoms with Crippen LogP contribution in [-0.2, 0) is 6.54 Å². The lowest BCUT2D eigenvalue weighted by Crippen LogP contribution is -2.33. The molecule has 1 aromatic carbocycles. The van der Waals surface area contributed by atoms with Crippen LogP contribution in [0.5, 0.6) is 5.75 Å². The fourth-order valence-electron chi connectivity index (χ4n) is 2.66. The molecular formula is C19H24F3N3O2. The highest BCUT2D eigenvalue weighted by Crippen LogP contribution is 2.26. The number of carbonyl (C=O) groups excluding carboxylic acids is 1. The van der Waals surface area contributed by atoms with Gasteiger partial charge in [0.05, 0.1) is 18.9 Å². The molecule has 148 valence electrons. The molecule has 0 unspecified atom stereocenters. The number of hydrogen-bond donors (Lipinski definition) is 1. The number of methoxy groups -OCH3 is 1. The van der Waals surface area contributed by atoms with Gasteiger partial charge in [0.2, 0.25) is 0 Å². The van der Waals surface area contributed by atoms with Gasteiger partial charge in [-0.15, -0.1) is 0 Å². The van der Waals surface area contributed by atoms with E-state index in [1.54, 1.807) is 11.6 Å². The summed E-state index contributed by atoms with van der Waals surface area (Å²) in [6.45, 7) is 6.51. The van der Waals surface area contributed by atoms with Gasteiger partial charge in [-0.25, -0.2) is 13.2 Å². The number of rotatable bonds is 8. The first-order valence-corrected chi connectivity index (χ1v) is 8.69. The number of benzene rings is 1. The normalized spacial score (nSPS) is 12.5. The summed E-state index contributed by atoms with van der Waals surface area (Å²) in [5.41, 5.74) is 0.780. The van der Waals surface area contributed by atoms with Gasteiger partial charge in [0.25, 0.3) is 12.3 Å². The van der Waals surface area contributed by atoms with Crippen molar-refractivity contribution in [3.8, 4) is 5.75 Å². The number of carbonyl (C=O) groups is 1. The SMILES string of the molecule is COc1ccc([C@H](NC(=O)c2cnn(CCC(C)C)c2C)C(F)F)cc1F. The second-order valence-electron chi connectivity index (χ2n) is 6.73. The number of amides is 1. The molecule has 0 radical (unpaired) electrons. The summed E-state index contributed by atoms with van der Waals surface area (Å²) in [4.78, 5) is 12.5. The van der Waals surface area contributed by atoms with Crippen LogP contribution in [0.4, 0.5) is 13.2 Å². The monoisotopic (exact) mass is 383 g/mol. The van der Waals surface area contributed by atoms with Crippen LogP contribution in [0, 0.1) is 18.7 Å². The van der Waals surface area contributed by atoms with Crippen LogP contribution in [0.25, 0.3) is 0 Å². The van der Waals surface area contributed by atoms with E-state index in [0.717, 1.165) is 12.5 Å². The minimum Gasteiger partial charge on any atom is -0.494 e. The van der Waals surface area contributed by atoms with Crippen LogP contribution >= 0.6 is 0 Å². The summed E-state index contributed by atoms with van der Waals surface area (Å²) in [7, 11) is 1.28. The molecule has 0 bridgehead atoms. The maximum atomic E-state index is 13.9. The van der Waals surface area contributed by atoms with Crippen LogP contribution in [0.2, 0.25) is 0 Å². The lowest BCUT2D eigenvalue weighted by molar-refractivity contribution is 0.0742. The highest BCUT2D eigenvalue weighted by atomic mass is 19.3. The van der Waals surface area contributed by atoms with Crippen molar-refractivity contribution in [3.63, 3.8) is 0 Å². The molecular weight excluding hydrogens is 359 g/mol. The lowest BCUT2D eigenvalue weighted by Gasteiger charge is -2.19. The molecule has 2 aromatic rings. The van der Waals surface area contributed by atoms with E-state index in [0.29, 0.717) is 18.2 Å². The number of alkyl halides is 2. The fourth-order valence-corrected chi connectivity index (χ4v) is 2.66. The summed E-state index contributed by atoms with van der Waals surface area (Å²) in [5.74, 6) is -1.03. The van der Waals surface area contributed by atoms with Crippen LogP contribution in [0.15, 0.2) is 24.4 Å². The molecule has 1 amide bonds. The van der Waals surface area contributed by atoms with Crippen molar-refractivity contribution < 1.29 is 22.7 Å². The fraction of sp³-hybridized carbons (Fsp3) is 0.474. The quantitative estimate of drug-likeness (QED) is 0.746. The van der Waals surface area contributed by atoms with Gasteiger partial charge in [-0.05, 0) is 37.0 Å². The first kappa shape index (κ1) is 20.8. The first-order chi connectivity index (χ1) is 12.7. The molecule has 0 aliphatic carbocycles. The van der Waals surface area contributed by atoms with Crippen LogP contribution in [0.3, 0.4) is 0 Å². The molecule has 1 N–H and O–H groups in total. The Bertz CT molecular complexity index is 791. The van der Waals surface area contributed by atoms with E-state index in [1.807, 2.05) is 0 Å². The Kier molecular flexibility index (Phi) is 6.87. The van der Waals surface area contributed by atoms with Gasteiger partial charge in [-0.1, -0.05) is 19.9 Å². The Hall–Kier alpha value is -2.51. The summed E-state index contributed by atoms with van der Waals surface area (Å²) in [5, 5.41) is 6.45. The van der Waals surface area contributed by atoms with Crippen molar-refractivity contribution in [1.29, 1.82) is 0 Å². The van der Waals surface area contributed by atoms with Crippen molar-refractivity contribution in [2.75, 3.05) is 7.11 Å². The molecule has 0 spiro atoms. The minimum atomic E-state index is -2.90. The van der Waals surface area contributed by atoms with Crippen LogP contribution < -0.4 is 10.1 Å². The van der Waals surface area contributed by atoms with Crippen molar-refractivity contribution in [2.45, 2.75) is 46.2 Å². The van der Waals surface area contributed by atoms with Crippen LogP contribution in [0.1, 0.15) is 47.9 Å². The van der Waals surface area contributed by atoms with E-state index < -0.39 is 24.2 Å². The Morgan fingerprint density at radius 3 is 2.59 bits per heavy atom. The average molecular weight is 383 g/mol. The maximum absolute atomic E-state index is 13.9. The molecule has 8 heteroatoms. The van der Waals surface area contributed by atoms with Crippen molar-refractivity contribution in [2.24, 2.45) is 5.92 Å². The smallest absolute Gasteiger partial charge is 0.262 e. The van der Waals surface area contributed by atoms with Gasteiger partial charge in [-0.2, -0.15) is 5.10 Å². The zero-order valence-electron chi connectivity index (χ0n) is 15.8. The van der Waals surface area contributed by atoms with Crippen molar-refractivity contribution in [1.82, 2.24) is 15.1 Å². The molecule has 0 saturated carbocycles. The minimum absolute atomic E-state index is 0.0403. The van der Waals surface area contributed by atoms with Crippen LogP contribution in [-0.4, -0.2) is 29.2 Å². The lowest BCUT2D eigenvalue weighted by atomic mass is 10.1. The molecule has 1 heterocycles. The van der Waals surface area contributed by atoms with Gasteiger partial charge in [0.1, 0.15) is 6.04 Å². The molecule has 0 fully saturated rings. The summed E-state index contributed by atoms with van der Waals surface area (Å²) in [6.07, 6.45) is -0.658. The Labute approximate surface area is 156 Å². The van der Waals surface area contributed by atoms with Gasteiger partial charge in [0, 0.05) is 12.2 Å². The highest BCUT2D eigenvalue weighted by Gasteiger charge is 2.27. The predicted octanol–water partition coefficient (Wildman–Crippen LogP) is 4.12.